The van der Waals surface area contributed by atoms with Gasteiger partial charge in [0.2, 0.25) is 0 Å². The van der Waals surface area contributed by atoms with Crippen LogP contribution in [-0.2, 0) is 0 Å². The number of rotatable bonds is 4. The summed E-state index contributed by atoms with van der Waals surface area (Å²) in [5, 5.41) is 16.8. The number of nitriles is 1. The predicted octanol–water partition coefficient (Wildman–Crippen LogP) is 4.84. The van der Waals surface area contributed by atoms with E-state index in [1.807, 2.05) is 18.2 Å². The highest BCUT2D eigenvalue weighted by atomic mass is 28.3. The van der Waals surface area contributed by atoms with Gasteiger partial charge in [0.25, 0.3) is 0 Å². The second-order valence-electron chi connectivity index (χ2n) is 8.48. The molecule has 0 unspecified atom stereocenters. The van der Waals surface area contributed by atoms with E-state index in [9.17, 15) is 5.26 Å². The zero-order valence-electron chi connectivity index (χ0n) is 18.5. The average molecular weight is 452 g/mol. The first-order valence-electron chi connectivity index (χ1n) is 11.3. The maximum Gasteiger partial charge on any atom is 0.179 e. The van der Waals surface area contributed by atoms with Crippen LogP contribution >= 0.6 is 0 Å². The van der Waals surface area contributed by atoms with Gasteiger partial charge in [-0.05, 0) is 45.0 Å². The molecule has 0 atom stereocenters. The molecule has 0 amide bonds. The summed E-state index contributed by atoms with van der Waals surface area (Å²) in [6.45, 7) is 0. The van der Waals surface area contributed by atoms with Crippen molar-refractivity contribution in [2.75, 3.05) is 0 Å². The summed E-state index contributed by atoms with van der Waals surface area (Å²) in [5.41, 5.74) is 2.28. The van der Waals surface area contributed by atoms with Crippen LogP contribution in [0.5, 0.6) is 0 Å². The van der Waals surface area contributed by atoms with Gasteiger partial charge in [-0.25, -0.2) is 0 Å². The molecule has 160 valence electrons. The minimum atomic E-state index is -2.61. The molecule has 1 aromatic heterocycles. The van der Waals surface area contributed by atoms with Gasteiger partial charge in [0.15, 0.2) is 8.07 Å². The molecule has 0 aliphatic heterocycles. The molecule has 3 heteroatoms. The zero-order chi connectivity index (χ0) is 23.0. The molecule has 0 N–H and O–H groups in total. The van der Waals surface area contributed by atoms with Crippen LogP contribution in [-0.4, -0.2) is 8.07 Å². The lowest BCUT2D eigenvalue weighted by Gasteiger charge is -2.34. The molecule has 0 saturated carbocycles. The quantitative estimate of drug-likeness (QED) is 0.284. The highest BCUT2D eigenvalue weighted by Gasteiger charge is 2.41. The Morgan fingerprint density at radius 2 is 0.971 bits per heavy atom. The molecule has 1 heterocycles. The van der Waals surface area contributed by atoms with Crippen molar-refractivity contribution in [2.45, 2.75) is 0 Å². The van der Waals surface area contributed by atoms with E-state index >= 15 is 0 Å². The van der Waals surface area contributed by atoms with Crippen molar-refractivity contribution in [1.82, 2.24) is 0 Å². The van der Waals surface area contributed by atoms with Gasteiger partial charge in [-0.1, -0.05) is 103 Å². The molecule has 2 nitrogen and oxygen atoms in total. The number of hydrogen-bond acceptors (Lipinski definition) is 2. The van der Waals surface area contributed by atoms with Gasteiger partial charge in [-0.2, -0.15) is 5.26 Å². The minimum absolute atomic E-state index is 0.637. The second-order valence-corrected chi connectivity index (χ2v) is 12.3. The maximum atomic E-state index is 9.46. The topological polar surface area (TPSA) is 36.9 Å². The lowest BCUT2D eigenvalue weighted by atomic mass is 10.1. The van der Waals surface area contributed by atoms with E-state index in [0.717, 1.165) is 21.9 Å². The van der Waals surface area contributed by atoms with Crippen LogP contribution in [0.2, 0.25) is 0 Å². The fourth-order valence-electron chi connectivity index (χ4n) is 5.14. The molecule has 0 saturated heterocycles. The lowest BCUT2D eigenvalue weighted by Crippen LogP contribution is -2.74. The molecule has 6 rings (SSSR count). The average Bonchev–Trinajstić information content (AvgIpc) is 3.28. The largest absolute Gasteiger partial charge is 0.456 e. The predicted molar refractivity (Wildman–Crippen MR) is 142 cm³/mol. The van der Waals surface area contributed by atoms with Gasteiger partial charge in [-0.15, -0.1) is 0 Å². The van der Waals surface area contributed by atoms with Crippen LogP contribution < -0.4 is 20.7 Å². The summed E-state index contributed by atoms with van der Waals surface area (Å²) in [7, 11) is -2.61. The monoisotopic (exact) mass is 451 g/mol. The number of fused-ring (bicyclic) bond motifs is 3. The van der Waals surface area contributed by atoms with Gasteiger partial charge in [0.05, 0.1) is 11.6 Å². The molecule has 0 fully saturated rings. The van der Waals surface area contributed by atoms with Crippen LogP contribution in [0.3, 0.4) is 0 Å². The van der Waals surface area contributed by atoms with Crippen molar-refractivity contribution in [3.05, 3.63) is 133 Å². The van der Waals surface area contributed by atoms with E-state index in [4.69, 9.17) is 4.42 Å². The number of benzene rings is 5. The van der Waals surface area contributed by atoms with Crippen molar-refractivity contribution < 1.29 is 4.42 Å². The fourth-order valence-corrected chi connectivity index (χ4v) is 9.92. The normalized spacial score (nSPS) is 11.5. The van der Waals surface area contributed by atoms with Crippen LogP contribution in [0.25, 0.3) is 21.9 Å². The molecule has 6 aromatic rings. The zero-order valence-corrected chi connectivity index (χ0v) is 19.5. The molecule has 0 radical (unpaired) electrons. The maximum absolute atomic E-state index is 9.46. The minimum Gasteiger partial charge on any atom is -0.456 e. The van der Waals surface area contributed by atoms with Crippen molar-refractivity contribution in [3.63, 3.8) is 0 Å². The fraction of sp³-hybridized carbons (Fsp3) is 0. The van der Waals surface area contributed by atoms with E-state index in [1.54, 1.807) is 0 Å². The third kappa shape index (κ3) is 3.08. The van der Waals surface area contributed by atoms with Gasteiger partial charge < -0.3 is 4.42 Å². The number of nitrogens with zero attached hydrogens (tertiary/aromatic N) is 1. The van der Waals surface area contributed by atoms with Crippen molar-refractivity contribution >= 4 is 50.8 Å². The summed E-state index contributed by atoms with van der Waals surface area (Å²) in [5.74, 6) is 0. The molecular formula is C31H21NOSi. The Morgan fingerprint density at radius 1 is 0.500 bits per heavy atom. The van der Waals surface area contributed by atoms with Crippen LogP contribution in [0.15, 0.2) is 132 Å². The third-order valence-electron chi connectivity index (χ3n) is 6.65. The summed E-state index contributed by atoms with van der Waals surface area (Å²) in [4.78, 5) is 0. The highest BCUT2D eigenvalue weighted by molar-refractivity contribution is 7.20. The first-order chi connectivity index (χ1) is 16.8. The van der Waals surface area contributed by atoms with Crippen LogP contribution in [0.1, 0.15) is 5.56 Å². The van der Waals surface area contributed by atoms with Crippen molar-refractivity contribution in [1.29, 1.82) is 5.26 Å². The molecule has 0 aliphatic carbocycles. The molecular weight excluding hydrogens is 430 g/mol. The number of hydrogen-bond donors (Lipinski definition) is 0. The lowest BCUT2D eigenvalue weighted by molar-refractivity contribution is 0.669. The molecule has 34 heavy (non-hydrogen) atoms. The van der Waals surface area contributed by atoms with Crippen molar-refractivity contribution in [3.8, 4) is 6.07 Å². The van der Waals surface area contributed by atoms with Crippen LogP contribution in [0, 0.1) is 11.3 Å². The second kappa shape index (κ2) is 8.19. The Morgan fingerprint density at radius 3 is 1.47 bits per heavy atom. The molecule has 0 aliphatic rings. The van der Waals surface area contributed by atoms with E-state index < -0.39 is 8.07 Å². The summed E-state index contributed by atoms with van der Waals surface area (Å²) in [6, 6.07) is 47.1. The Balaban J connectivity index is 1.75. The first-order valence-corrected chi connectivity index (χ1v) is 13.3. The van der Waals surface area contributed by atoms with Gasteiger partial charge in [-0.3, -0.25) is 0 Å². The Bertz CT molecular complexity index is 1550. The van der Waals surface area contributed by atoms with Crippen LogP contribution in [0.4, 0.5) is 0 Å². The first kappa shape index (κ1) is 20.2. The van der Waals surface area contributed by atoms with E-state index in [2.05, 4.69) is 115 Å². The molecule has 5 aromatic carbocycles. The van der Waals surface area contributed by atoms with Gasteiger partial charge in [0.1, 0.15) is 11.2 Å². The molecule has 0 bridgehead atoms. The molecule has 0 spiro atoms. The summed E-state index contributed by atoms with van der Waals surface area (Å²) in [6.07, 6.45) is 0. The van der Waals surface area contributed by atoms with E-state index in [-0.39, 0.29) is 0 Å². The summed E-state index contributed by atoms with van der Waals surface area (Å²) >= 11 is 0. The van der Waals surface area contributed by atoms with E-state index in [1.165, 1.54) is 20.7 Å². The highest BCUT2D eigenvalue weighted by Crippen LogP contribution is 2.29. The third-order valence-corrected chi connectivity index (χ3v) is 11.4. The van der Waals surface area contributed by atoms with Crippen molar-refractivity contribution in [2.24, 2.45) is 0 Å². The standard InChI is InChI=1S/C31H21NOSi/c32-22-23-16-18-30-28(20-23)29-21-27(17-19-31(29)33-30)34(24-10-4-1-5-11-24,25-12-6-2-7-13-25)26-14-8-3-9-15-26/h1-21H. The van der Waals surface area contributed by atoms with Gasteiger partial charge >= 0.3 is 0 Å². The Labute approximate surface area is 199 Å². The summed E-state index contributed by atoms with van der Waals surface area (Å²) < 4.78 is 6.14. The Kier molecular flexibility index (Phi) is 4.87. The SMILES string of the molecule is N#Cc1ccc2oc3ccc([Si](c4ccccc4)(c4ccccc4)c4ccccc4)cc3c2c1. The van der Waals surface area contributed by atoms with E-state index in [0.29, 0.717) is 5.56 Å². The number of furan rings is 1. The Hall–Kier alpha value is -4.39. The smallest absolute Gasteiger partial charge is 0.179 e. The van der Waals surface area contributed by atoms with Gasteiger partial charge in [0, 0.05) is 10.8 Å².